The monoisotopic (exact) mass is 261 g/mol. The van der Waals surface area contributed by atoms with Gasteiger partial charge in [-0.05, 0) is 48.3 Å². The Bertz CT molecular complexity index is 453. The molecular formula is C17H27NO. The van der Waals surface area contributed by atoms with Gasteiger partial charge in [-0.15, -0.1) is 0 Å². The van der Waals surface area contributed by atoms with Gasteiger partial charge in [-0.25, -0.2) is 0 Å². The molecule has 0 saturated heterocycles. The molecule has 1 aliphatic rings. The molecule has 0 bridgehead atoms. The average molecular weight is 261 g/mol. The van der Waals surface area contributed by atoms with Crippen LogP contribution in [0.15, 0.2) is 18.2 Å². The predicted molar refractivity (Wildman–Crippen MR) is 80.6 cm³/mol. The fraction of sp³-hybridized carbons (Fsp3) is 0.647. The largest absolute Gasteiger partial charge is 0.496 e. The van der Waals surface area contributed by atoms with Crippen LogP contribution in [-0.4, -0.2) is 13.7 Å². The number of ether oxygens (including phenoxy) is 1. The summed E-state index contributed by atoms with van der Waals surface area (Å²) in [5.74, 6) is 1.74. The normalized spacial score (nSPS) is 26.9. The molecule has 2 N–H and O–H groups in total. The second-order valence-corrected chi connectivity index (χ2v) is 7.14. The Morgan fingerprint density at radius 3 is 2.42 bits per heavy atom. The minimum atomic E-state index is 0.166. The lowest BCUT2D eigenvalue weighted by Gasteiger charge is -2.53. The Labute approximate surface area is 117 Å². The van der Waals surface area contributed by atoms with Crippen molar-refractivity contribution in [3.8, 4) is 5.75 Å². The minimum absolute atomic E-state index is 0.166. The van der Waals surface area contributed by atoms with Crippen molar-refractivity contribution in [1.82, 2.24) is 0 Å². The number of hydrogen-bond donors (Lipinski definition) is 1. The summed E-state index contributed by atoms with van der Waals surface area (Å²) in [5.41, 5.74) is 9.17. The van der Waals surface area contributed by atoms with Crippen molar-refractivity contribution < 1.29 is 4.74 Å². The highest BCUT2D eigenvalue weighted by atomic mass is 16.5. The minimum Gasteiger partial charge on any atom is -0.496 e. The summed E-state index contributed by atoms with van der Waals surface area (Å²) in [6.07, 6.45) is 2.39. The quantitative estimate of drug-likeness (QED) is 0.901. The Morgan fingerprint density at radius 1 is 1.32 bits per heavy atom. The van der Waals surface area contributed by atoms with Crippen LogP contribution >= 0.6 is 0 Å². The average Bonchev–Trinajstić information content (AvgIpc) is 2.28. The smallest absolute Gasteiger partial charge is 0.122 e. The molecule has 0 heterocycles. The van der Waals surface area contributed by atoms with E-state index in [9.17, 15) is 0 Å². The second kappa shape index (κ2) is 4.82. The van der Waals surface area contributed by atoms with Gasteiger partial charge in [0.15, 0.2) is 0 Å². The van der Waals surface area contributed by atoms with E-state index in [0.29, 0.717) is 5.41 Å². The summed E-state index contributed by atoms with van der Waals surface area (Å²) in [6.45, 7) is 9.79. The number of benzene rings is 1. The van der Waals surface area contributed by atoms with Crippen LogP contribution in [0.5, 0.6) is 5.75 Å². The highest BCUT2D eigenvalue weighted by molar-refractivity contribution is 5.41. The molecule has 106 valence electrons. The molecule has 1 aromatic carbocycles. The van der Waals surface area contributed by atoms with Crippen LogP contribution < -0.4 is 10.5 Å². The van der Waals surface area contributed by atoms with Gasteiger partial charge in [-0.1, -0.05) is 32.9 Å². The van der Waals surface area contributed by atoms with Crippen molar-refractivity contribution in [2.75, 3.05) is 13.7 Å². The van der Waals surface area contributed by atoms with E-state index in [2.05, 4.69) is 45.9 Å². The number of hydrogen-bond acceptors (Lipinski definition) is 2. The summed E-state index contributed by atoms with van der Waals surface area (Å²) in [5, 5.41) is 0. The standard InChI is InChI=1S/C17H27NO/c1-12-6-7-13(8-15(12)19-5)17(11-18)9-14(10-17)16(2,3)4/h6-8,14H,9-11,18H2,1-5H3. The first-order chi connectivity index (χ1) is 8.82. The lowest BCUT2D eigenvalue weighted by atomic mass is 9.52. The van der Waals surface area contributed by atoms with Crippen molar-refractivity contribution in [3.05, 3.63) is 29.3 Å². The van der Waals surface area contributed by atoms with Gasteiger partial charge in [0.2, 0.25) is 0 Å². The fourth-order valence-corrected chi connectivity index (χ4v) is 3.17. The van der Waals surface area contributed by atoms with E-state index in [1.165, 1.54) is 24.0 Å². The van der Waals surface area contributed by atoms with Crippen LogP contribution in [-0.2, 0) is 5.41 Å². The molecule has 0 aliphatic heterocycles. The van der Waals surface area contributed by atoms with E-state index in [4.69, 9.17) is 10.5 Å². The van der Waals surface area contributed by atoms with Crippen LogP contribution in [0.3, 0.4) is 0 Å². The first kappa shape index (κ1) is 14.4. The van der Waals surface area contributed by atoms with E-state index in [-0.39, 0.29) is 5.41 Å². The number of nitrogens with two attached hydrogens (primary N) is 1. The molecule has 0 atom stereocenters. The van der Waals surface area contributed by atoms with Gasteiger partial charge < -0.3 is 10.5 Å². The zero-order valence-electron chi connectivity index (χ0n) is 12.9. The van der Waals surface area contributed by atoms with Gasteiger partial charge >= 0.3 is 0 Å². The van der Waals surface area contributed by atoms with Crippen LogP contribution in [0.4, 0.5) is 0 Å². The molecule has 19 heavy (non-hydrogen) atoms. The van der Waals surface area contributed by atoms with Crippen LogP contribution in [0.1, 0.15) is 44.7 Å². The van der Waals surface area contributed by atoms with Crippen molar-refractivity contribution in [3.63, 3.8) is 0 Å². The van der Waals surface area contributed by atoms with E-state index >= 15 is 0 Å². The van der Waals surface area contributed by atoms with Crippen molar-refractivity contribution in [2.24, 2.45) is 17.1 Å². The van der Waals surface area contributed by atoms with Crippen molar-refractivity contribution >= 4 is 0 Å². The second-order valence-electron chi connectivity index (χ2n) is 7.14. The number of rotatable bonds is 3. The molecule has 2 heteroatoms. The van der Waals surface area contributed by atoms with Gasteiger partial charge in [0, 0.05) is 12.0 Å². The lowest BCUT2D eigenvalue weighted by Crippen LogP contribution is -2.50. The molecule has 1 aromatic rings. The Hall–Kier alpha value is -1.02. The van der Waals surface area contributed by atoms with Crippen molar-refractivity contribution in [1.29, 1.82) is 0 Å². The van der Waals surface area contributed by atoms with E-state index in [1.54, 1.807) is 7.11 Å². The molecule has 0 unspecified atom stereocenters. The molecule has 2 nitrogen and oxygen atoms in total. The third-order valence-electron chi connectivity index (χ3n) is 4.91. The van der Waals surface area contributed by atoms with Gasteiger partial charge in [0.05, 0.1) is 7.11 Å². The Morgan fingerprint density at radius 2 is 1.95 bits per heavy atom. The molecule has 0 spiro atoms. The summed E-state index contributed by atoms with van der Waals surface area (Å²) < 4.78 is 5.45. The fourth-order valence-electron chi connectivity index (χ4n) is 3.17. The zero-order chi connectivity index (χ0) is 14.3. The van der Waals surface area contributed by atoms with E-state index < -0.39 is 0 Å². The highest BCUT2D eigenvalue weighted by Gasteiger charge is 2.48. The summed E-state index contributed by atoms with van der Waals surface area (Å²) in [4.78, 5) is 0. The van der Waals surface area contributed by atoms with Gasteiger partial charge in [0.25, 0.3) is 0 Å². The van der Waals surface area contributed by atoms with E-state index in [1.807, 2.05) is 0 Å². The summed E-state index contributed by atoms with van der Waals surface area (Å²) >= 11 is 0. The predicted octanol–water partition coefficient (Wildman–Crippen LogP) is 3.66. The Kier molecular flexibility index (Phi) is 3.65. The third kappa shape index (κ3) is 2.51. The highest BCUT2D eigenvalue weighted by Crippen LogP contribution is 2.54. The maximum atomic E-state index is 6.10. The number of aryl methyl sites for hydroxylation is 1. The first-order valence-electron chi connectivity index (χ1n) is 7.17. The molecule has 0 radical (unpaired) electrons. The molecule has 1 fully saturated rings. The topological polar surface area (TPSA) is 35.2 Å². The van der Waals surface area contributed by atoms with Crippen LogP contribution in [0.2, 0.25) is 0 Å². The number of methoxy groups -OCH3 is 1. The maximum absolute atomic E-state index is 6.10. The van der Waals surface area contributed by atoms with Gasteiger partial charge in [-0.3, -0.25) is 0 Å². The zero-order valence-corrected chi connectivity index (χ0v) is 12.9. The van der Waals surface area contributed by atoms with Crippen molar-refractivity contribution in [2.45, 2.75) is 46.0 Å². The van der Waals surface area contributed by atoms with Gasteiger partial charge in [0.1, 0.15) is 5.75 Å². The van der Waals surface area contributed by atoms with Crippen LogP contribution in [0.25, 0.3) is 0 Å². The van der Waals surface area contributed by atoms with Gasteiger partial charge in [-0.2, -0.15) is 0 Å². The lowest BCUT2D eigenvalue weighted by molar-refractivity contribution is 0.0502. The summed E-state index contributed by atoms with van der Waals surface area (Å²) in [6, 6.07) is 6.56. The SMILES string of the molecule is COc1cc(C2(CN)CC(C(C)(C)C)C2)ccc1C. The third-order valence-corrected chi connectivity index (χ3v) is 4.91. The molecular weight excluding hydrogens is 234 g/mol. The maximum Gasteiger partial charge on any atom is 0.122 e. The first-order valence-corrected chi connectivity index (χ1v) is 7.17. The molecule has 1 aliphatic carbocycles. The molecule has 1 saturated carbocycles. The molecule has 0 amide bonds. The molecule has 2 rings (SSSR count). The Balaban J connectivity index is 2.25. The van der Waals surface area contributed by atoms with E-state index in [0.717, 1.165) is 18.2 Å². The van der Waals surface area contributed by atoms with Crippen LogP contribution in [0, 0.1) is 18.3 Å². The molecule has 0 aromatic heterocycles. The summed E-state index contributed by atoms with van der Waals surface area (Å²) in [7, 11) is 1.74.